The van der Waals surface area contributed by atoms with Gasteiger partial charge in [-0.3, -0.25) is 0 Å². The van der Waals surface area contributed by atoms with Gasteiger partial charge in [0.1, 0.15) is 11.2 Å². The minimum atomic E-state index is -0.781. The third-order valence-electron chi connectivity index (χ3n) is 8.49. The van der Waals surface area contributed by atoms with Gasteiger partial charge in [-0.1, -0.05) is 41.9 Å². The highest BCUT2D eigenvalue weighted by Gasteiger charge is 2.57. The van der Waals surface area contributed by atoms with Crippen molar-refractivity contribution in [2.75, 3.05) is 0 Å². The molecule has 0 aliphatic heterocycles. The minimum absolute atomic E-state index is 0.343. The maximum atomic E-state index is 12.3. The van der Waals surface area contributed by atoms with Crippen molar-refractivity contribution in [1.82, 2.24) is 0 Å². The second kappa shape index (κ2) is 6.37. The third-order valence-corrected chi connectivity index (χ3v) is 8.72. The molecule has 1 heterocycles. The van der Waals surface area contributed by atoms with E-state index in [1.807, 2.05) is 30.3 Å². The summed E-state index contributed by atoms with van der Waals surface area (Å²) in [5, 5.41) is 15.2. The van der Waals surface area contributed by atoms with E-state index in [1.165, 1.54) is 6.42 Å². The molecule has 0 saturated heterocycles. The summed E-state index contributed by atoms with van der Waals surface area (Å²) in [6.07, 6.45) is 5.97. The molecule has 0 unspecified atom stereocenters. The van der Waals surface area contributed by atoms with E-state index in [-0.39, 0.29) is 0 Å². The predicted molar refractivity (Wildman–Crippen MR) is 125 cm³/mol. The van der Waals surface area contributed by atoms with Crippen LogP contribution < -0.4 is 0 Å². The zero-order chi connectivity index (χ0) is 20.7. The molecule has 1 N–H and O–H groups in total. The second-order valence-electron chi connectivity index (χ2n) is 10.1. The lowest BCUT2D eigenvalue weighted by molar-refractivity contribution is -0.179. The molecule has 4 aliphatic rings. The van der Waals surface area contributed by atoms with Crippen LogP contribution in [0.4, 0.5) is 0 Å². The Hall–Kier alpha value is -2.29. The number of rotatable bonds is 2. The molecule has 4 aliphatic carbocycles. The summed E-state index contributed by atoms with van der Waals surface area (Å²) in [4.78, 5) is 0. The van der Waals surface area contributed by atoms with Crippen molar-refractivity contribution in [3.8, 4) is 11.1 Å². The molecule has 3 heteroatoms. The molecular formula is C28H25ClO2. The Balaban J connectivity index is 1.41. The Bertz CT molecular complexity index is 1310. The summed E-state index contributed by atoms with van der Waals surface area (Å²) < 4.78 is 6.15. The van der Waals surface area contributed by atoms with Gasteiger partial charge in [-0.25, -0.2) is 0 Å². The Morgan fingerprint density at radius 1 is 0.774 bits per heavy atom. The van der Waals surface area contributed by atoms with Crippen molar-refractivity contribution in [3.63, 3.8) is 0 Å². The van der Waals surface area contributed by atoms with Gasteiger partial charge in [0.25, 0.3) is 0 Å². The molecule has 4 fully saturated rings. The second-order valence-corrected chi connectivity index (χ2v) is 10.6. The summed E-state index contributed by atoms with van der Waals surface area (Å²) in [5.41, 5.74) is 4.20. The highest BCUT2D eigenvalue weighted by molar-refractivity contribution is 6.30. The molecule has 1 aromatic heterocycles. The standard InChI is InChI=1S/C28H25ClO2/c29-21-6-8-22(18-5-7-24-23-3-1-2-4-26(23)31-27(24)14-18)25(15-21)28(30)19-10-16-9-17(12-19)13-20(28)11-16/h1-8,14-17,19-20,30H,9-13H2. The number of para-hydroxylation sites is 1. The average Bonchev–Trinajstić information content (AvgIpc) is 3.14. The first-order valence-electron chi connectivity index (χ1n) is 11.5. The van der Waals surface area contributed by atoms with E-state index >= 15 is 0 Å². The van der Waals surface area contributed by atoms with Crippen LogP contribution in [-0.2, 0) is 5.60 Å². The fourth-order valence-corrected chi connectivity index (χ4v) is 7.51. The van der Waals surface area contributed by atoms with Crippen molar-refractivity contribution >= 4 is 33.5 Å². The minimum Gasteiger partial charge on any atom is -0.456 e. The molecule has 0 atom stereocenters. The van der Waals surface area contributed by atoms with Crippen molar-refractivity contribution in [2.45, 2.75) is 37.7 Å². The SMILES string of the molecule is OC1(c2cc(Cl)ccc2-c2ccc3c(c2)oc2ccccc23)C2CC3CC(C2)CC1C3. The van der Waals surface area contributed by atoms with E-state index in [2.05, 4.69) is 30.3 Å². The fraction of sp³-hybridized carbons (Fsp3) is 0.357. The number of hydrogen-bond donors (Lipinski definition) is 1. The molecule has 4 saturated carbocycles. The molecule has 0 spiro atoms. The van der Waals surface area contributed by atoms with Crippen LogP contribution in [0.3, 0.4) is 0 Å². The van der Waals surface area contributed by atoms with Crippen molar-refractivity contribution in [2.24, 2.45) is 23.7 Å². The normalized spacial score (nSPS) is 31.7. The van der Waals surface area contributed by atoms with Gasteiger partial charge in [0.15, 0.2) is 0 Å². The largest absolute Gasteiger partial charge is 0.456 e. The Kier molecular flexibility index (Phi) is 3.76. The zero-order valence-electron chi connectivity index (χ0n) is 17.4. The number of aliphatic hydroxyl groups is 1. The van der Waals surface area contributed by atoms with Crippen molar-refractivity contribution in [1.29, 1.82) is 0 Å². The maximum Gasteiger partial charge on any atom is 0.136 e. The van der Waals surface area contributed by atoms with E-state index in [0.717, 1.165) is 76.1 Å². The van der Waals surface area contributed by atoms with Gasteiger partial charge in [0, 0.05) is 15.8 Å². The van der Waals surface area contributed by atoms with Crippen LogP contribution in [0.15, 0.2) is 65.1 Å². The molecule has 156 valence electrons. The van der Waals surface area contributed by atoms with Gasteiger partial charge in [0.2, 0.25) is 0 Å². The average molecular weight is 429 g/mol. The monoisotopic (exact) mass is 428 g/mol. The van der Waals surface area contributed by atoms with Crippen LogP contribution in [0.25, 0.3) is 33.1 Å². The van der Waals surface area contributed by atoms with Gasteiger partial charge in [-0.2, -0.15) is 0 Å². The molecule has 4 bridgehead atoms. The number of hydrogen-bond acceptors (Lipinski definition) is 2. The van der Waals surface area contributed by atoms with Crippen LogP contribution in [0.5, 0.6) is 0 Å². The topological polar surface area (TPSA) is 33.4 Å². The molecule has 3 aromatic carbocycles. The van der Waals surface area contributed by atoms with Crippen LogP contribution in [0, 0.1) is 23.7 Å². The van der Waals surface area contributed by atoms with Crippen LogP contribution in [0.1, 0.15) is 37.7 Å². The number of fused-ring (bicyclic) bond motifs is 3. The first-order valence-corrected chi connectivity index (χ1v) is 11.9. The van der Waals surface area contributed by atoms with Gasteiger partial charge < -0.3 is 9.52 Å². The Morgan fingerprint density at radius 3 is 2.26 bits per heavy atom. The molecule has 2 nitrogen and oxygen atoms in total. The van der Waals surface area contributed by atoms with Gasteiger partial charge in [0.05, 0.1) is 5.60 Å². The zero-order valence-corrected chi connectivity index (χ0v) is 18.1. The molecular weight excluding hydrogens is 404 g/mol. The lowest BCUT2D eigenvalue weighted by Gasteiger charge is -2.59. The Morgan fingerprint density at radius 2 is 1.48 bits per heavy atom. The van der Waals surface area contributed by atoms with E-state index in [4.69, 9.17) is 16.0 Å². The first-order chi connectivity index (χ1) is 15.1. The molecule has 31 heavy (non-hydrogen) atoms. The van der Waals surface area contributed by atoms with Gasteiger partial charge >= 0.3 is 0 Å². The fourth-order valence-electron chi connectivity index (χ4n) is 7.34. The molecule has 4 aromatic rings. The van der Waals surface area contributed by atoms with Crippen molar-refractivity contribution in [3.05, 3.63) is 71.2 Å². The van der Waals surface area contributed by atoms with E-state index in [1.54, 1.807) is 0 Å². The highest BCUT2D eigenvalue weighted by atomic mass is 35.5. The molecule has 0 amide bonds. The maximum absolute atomic E-state index is 12.3. The smallest absolute Gasteiger partial charge is 0.136 e. The number of halogens is 1. The Labute approximate surface area is 186 Å². The predicted octanol–water partition coefficient (Wildman–Crippen LogP) is 7.55. The summed E-state index contributed by atoms with van der Waals surface area (Å²) in [7, 11) is 0. The van der Waals surface area contributed by atoms with Gasteiger partial charge in [-0.15, -0.1) is 0 Å². The van der Waals surface area contributed by atoms with Gasteiger partial charge in [-0.05, 0) is 103 Å². The van der Waals surface area contributed by atoms with Crippen LogP contribution >= 0.6 is 11.6 Å². The lowest BCUT2D eigenvalue weighted by Crippen LogP contribution is -2.55. The van der Waals surface area contributed by atoms with E-state index in [9.17, 15) is 5.11 Å². The van der Waals surface area contributed by atoms with E-state index in [0.29, 0.717) is 16.9 Å². The first kappa shape index (κ1) is 18.3. The van der Waals surface area contributed by atoms with Crippen LogP contribution in [0.2, 0.25) is 5.02 Å². The summed E-state index contributed by atoms with van der Waals surface area (Å²) in [6.45, 7) is 0. The third kappa shape index (κ3) is 2.55. The summed E-state index contributed by atoms with van der Waals surface area (Å²) in [6, 6.07) is 20.7. The van der Waals surface area contributed by atoms with E-state index < -0.39 is 5.60 Å². The lowest BCUT2D eigenvalue weighted by atomic mass is 9.48. The molecule has 8 rings (SSSR count). The highest BCUT2D eigenvalue weighted by Crippen LogP contribution is 2.62. The van der Waals surface area contributed by atoms with Crippen LogP contribution in [-0.4, -0.2) is 5.11 Å². The number of benzene rings is 3. The number of furan rings is 1. The molecule has 0 radical (unpaired) electrons. The summed E-state index contributed by atoms with van der Waals surface area (Å²) >= 11 is 6.50. The quantitative estimate of drug-likeness (QED) is 0.357. The van der Waals surface area contributed by atoms with Crippen molar-refractivity contribution < 1.29 is 9.52 Å². The summed E-state index contributed by atoms with van der Waals surface area (Å²) in [5.74, 6) is 2.29.